The summed E-state index contributed by atoms with van der Waals surface area (Å²) in [5.41, 5.74) is 3.74. The Morgan fingerprint density at radius 1 is 1.43 bits per heavy atom. The highest BCUT2D eigenvalue weighted by atomic mass is 16.5. The third-order valence-electron chi connectivity index (χ3n) is 3.70. The quantitative estimate of drug-likeness (QED) is 0.581. The fourth-order valence-electron chi connectivity index (χ4n) is 2.29. The molecule has 1 aliphatic rings. The lowest BCUT2D eigenvalue weighted by Gasteiger charge is -2.21. The molecule has 6 heteroatoms. The molecule has 21 heavy (non-hydrogen) atoms. The molecular weight excluding hydrogens is 268 g/mol. The summed E-state index contributed by atoms with van der Waals surface area (Å²) in [4.78, 5) is 16.8. The molecule has 0 radical (unpaired) electrons. The van der Waals surface area contributed by atoms with Crippen LogP contribution in [0.5, 0.6) is 0 Å². The number of hydrazine groups is 1. The van der Waals surface area contributed by atoms with E-state index in [1.165, 1.54) is 0 Å². The number of aromatic nitrogens is 1. The molecule has 1 fully saturated rings. The highest BCUT2D eigenvalue weighted by molar-refractivity contribution is 5.95. The normalized spacial score (nSPS) is 22.1. The van der Waals surface area contributed by atoms with Gasteiger partial charge in [0.15, 0.2) is 0 Å². The number of carbonyl (C=O) groups is 1. The van der Waals surface area contributed by atoms with Crippen molar-refractivity contribution in [1.29, 1.82) is 0 Å². The molecular formula is C15H24N4O2. The van der Waals surface area contributed by atoms with Gasteiger partial charge in [0.2, 0.25) is 0 Å². The van der Waals surface area contributed by atoms with E-state index in [4.69, 9.17) is 10.6 Å². The predicted molar refractivity (Wildman–Crippen MR) is 82.0 cm³/mol. The van der Waals surface area contributed by atoms with E-state index in [-0.39, 0.29) is 23.5 Å². The molecule has 0 spiro atoms. The SMILES string of the molecule is CC1OCCC1NC(=O)c1cc(NN)nc(C(C)(C)C)c1. The zero-order chi connectivity index (χ0) is 15.6. The maximum Gasteiger partial charge on any atom is 0.251 e. The molecule has 2 rings (SSSR count). The molecule has 1 saturated heterocycles. The van der Waals surface area contributed by atoms with Crippen LogP contribution in [0.2, 0.25) is 0 Å². The lowest BCUT2D eigenvalue weighted by atomic mass is 9.90. The van der Waals surface area contributed by atoms with E-state index in [0.29, 0.717) is 18.0 Å². The summed E-state index contributed by atoms with van der Waals surface area (Å²) in [7, 11) is 0. The van der Waals surface area contributed by atoms with Gasteiger partial charge in [-0.15, -0.1) is 0 Å². The molecule has 2 heterocycles. The second-order valence-corrected chi connectivity index (χ2v) is 6.47. The van der Waals surface area contributed by atoms with Crippen molar-refractivity contribution in [3.63, 3.8) is 0 Å². The van der Waals surface area contributed by atoms with Crippen LogP contribution < -0.4 is 16.6 Å². The van der Waals surface area contributed by atoms with Crippen molar-refractivity contribution in [3.05, 3.63) is 23.4 Å². The Kier molecular flexibility index (Phi) is 4.49. The molecule has 6 nitrogen and oxygen atoms in total. The molecule has 0 aromatic carbocycles. The first kappa shape index (κ1) is 15.7. The van der Waals surface area contributed by atoms with Gasteiger partial charge >= 0.3 is 0 Å². The highest BCUT2D eigenvalue weighted by Crippen LogP contribution is 2.23. The number of nitrogens with two attached hydrogens (primary N) is 1. The molecule has 4 N–H and O–H groups in total. The van der Waals surface area contributed by atoms with Crippen molar-refractivity contribution in [2.45, 2.75) is 51.7 Å². The van der Waals surface area contributed by atoms with Crippen LogP contribution in [0.3, 0.4) is 0 Å². The lowest BCUT2D eigenvalue weighted by Crippen LogP contribution is -2.39. The van der Waals surface area contributed by atoms with Crippen molar-refractivity contribution in [2.75, 3.05) is 12.0 Å². The minimum absolute atomic E-state index is 0.0463. The summed E-state index contributed by atoms with van der Waals surface area (Å²) in [6.45, 7) is 8.79. The molecule has 2 unspecified atom stereocenters. The summed E-state index contributed by atoms with van der Waals surface area (Å²) in [5.74, 6) is 5.82. The summed E-state index contributed by atoms with van der Waals surface area (Å²) >= 11 is 0. The van der Waals surface area contributed by atoms with Crippen LogP contribution in [-0.2, 0) is 10.2 Å². The molecule has 1 aromatic heterocycles. The maximum absolute atomic E-state index is 12.4. The van der Waals surface area contributed by atoms with Gasteiger partial charge in [0.1, 0.15) is 5.82 Å². The Balaban J connectivity index is 2.23. The number of pyridine rings is 1. The molecule has 1 amide bonds. The topological polar surface area (TPSA) is 89.3 Å². The number of hydrogen-bond acceptors (Lipinski definition) is 5. The summed E-state index contributed by atoms with van der Waals surface area (Å²) in [6.07, 6.45) is 0.886. The molecule has 0 saturated carbocycles. The van der Waals surface area contributed by atoms with Crippen LogP contribution in [-0.4, -0.2) is 29.6 Å². The first-order chi connectivity index (χ1) is 9.81. The fraction of sp³-hybridized carbons (Fsp3) is 0.600. The monoisotopic (exact) mass is 292 g/mol. The number of ether oxygens (including phenoxy) is 1. The molecule has 116 valence electrons. The van der Waals surface area contributed by atoms with Gasteiger partial charge in [-0.05, 0) is 25.5 Å². The van der Waals surface area contributed by atoms with E-state index < -0.39 is 0 Å². The van der Waals surface area contributed by atoms with Gasteiger partial charge in [-0.1, -0.05) is 20.8 Å². The van der Waals surface area contributed by atoms with Crippen molar-refractivity contribution in [3.8, 4) is 0 Å². The van der Waals surface area contributed by atoms with E-state index in [0.717, 1.165) is 12.1 Å². The first-order valence-electron chi connectivity index (χ1n) is 7.23. The number of rotatable bonds is 3. The van der Waals surface area contributed by atoms with Gasteiger partial charge in [-0.25, -0.2) is 10.8 Å². The van der Waals surface area contributed by atoms with Crippen molar-refractivity contribution in [2.24, 2.45) is 5.84 Å². The lowest BCUT2D eigenvalue weighted by molar-refractivity contribution is 0.0866. The van der Waals surface area contributed by atoms with E-state index in [1.807, 2.05) is 33.8 Å². The van der Waals surface area contributed by atoms with Crippen LogP contribution in [0.25, 0.3) is 0 Å². The first-order valence-corrected chi connectivity index (χ1v) is 7.23. The van der Waals surface area contributed by atoms with E-state index in [2.05, 4.69) is 15.7 Å². The molecule has 0 bridgehead atoms. The van der Waals surface area contributed by atoms with Gasteiger partial charge in [0.05, 0.1) is 12.1 Å². The number of amides is 1. The number of carbonyl (C=O) groups excluding carboxylic acids is 1. The van der Waals surface area contributed by atoms with Gasteiger partial charge in [-0.2, -0.15) is 0 Å². The Bertz CT molecular complexity index is 525. The minimum atomic E-state index is -0.161. The van der Waals surface area contributed by atoms with Gasteiger partial charge < -0.3 is 15.5 Å². The van der Waals surface area contributed by atoms with E-state index >= 15 is 0 Å². The fourth-order valence-corrected chi connectivity index (χ4v) is 2.29. The van der Waals surface area contributed by atoms with Gasteiger partial charge in [0.25, 0.3) is 5.91 Å². The zero-order valence-electron chi connectivity index (χ0n) is 13.1. The van der Waals surface area contributed by atoms with Crippen molar-refractivity contribution < 1.29 is 9.53 Å². The Morgan fingerprint density at radius 3 is 2.67 bits per heavy atom. The van der Waals surface area contributed by atoms with E-state index in [1.54, 1.807) is 6.07 Å². The Morgan fingerprint density at radius 2 is 2.14 bits per heavy atom. The van der Waals surface area contributed by atoms with Crippen LogP contribution in [0.1, 0.15) is 50.2 Å². The average Bonchev–Trinajstić information content (AvgIpc) is 2.82. The third-order valence-corrected chi connectivity index (χ3v) is 3.70. The number of nitrogens with one attached hydrogen (secondary N) is 2. The number of nitrogens with zero attached hydrogens (tertiary/aromatic N) is 1. The second kappa shape index (κ2) is 5.99. The highest BCUT2D eigenvalue weighted by Gasteiger charge is 2.27. The molecule has 1 aliphatic heterocycles. The summed E-state index contributed by atoms with van der Waals surface area (Å²) < 4.78 is 5.47. The molecule has 2 atom stereocenters. The standard InChI is InChI=1S/C15H24N4O2/c1-9-11(5-6-21-9)17-14(20)10-7-12(15(2,3)4)18-13(8-10)19-16/h7-9,11H,5-6,16H2,1-4H3,(H,17,20)(H,18,19). The van der Waals surface area contributed by atoms with Crippen LogP contribution in [0, 0.1) is 0 Å². The second-order valence-electron chi connectivity index (χ2n) is 6.47. The van der Waals surface area contributed by atoms with Crippen LogP contribution >= 0.6 is 0 Å². The summed E-state index contributed by atoms with van der Waals surface area (Å²) in [5, 5.41) is 3.01. The molecule has 0 aliphatic carbocycles. The number of anilines is 1. The summed E-state index contributed by atoms with van der Waals surface area (Å²) in [6, 6.07) is 3.53. The molecule has 1 aromatic rings. The largest absolute Gasteiger partial charge is 0.376 e. The maximum atomic E-state index is 12.4. The smallest absolute Gasteiger partial charge is 0.251 e. The van der Waals surface area contributed by atoms with E-state index in [9.17, 15) is 4.79 Å². The zero-order valence-corrected chi connectivity index (χ0v) is 13.1. The average molecular weight is 292 g/mol. The predicted octanol–water partition coefficient (Wildman–Crippen LogP) is 1.57. The third kappa shape index (κ3) is 3.71. The van der Waals surface area contributed by atoms with Crippen molar-refractivity contribution in [1.82, 2.24) is 10.3 Å². The minimum Gasteiger partial charge on any atom is -0.376 e. The Hall–Kier alpha value is -1.66. The van der Waals surface area contributed by atoms with Gasteiger partial charge in [-0.3, -0.25) is 4.79 Å². The van der Waals surface area contributed by atoms with Crippen LogP contribution in [0.4, 0.5) is 5.82 Å². The Labute approximate surface area is 125 Å². The van der Waals surface area contributed by atoms with Crippen molar-refractivity contribution >= 4 is 11.7 Å². The number of hydrogen-bond donors (Lipinski definition) is 3. The van der Waals surface area contributed by atoms with Gasteiger partial charge in [0, 0.05) is 23.3 Å². The number of nitrogen functional groups attached to an aromatic ring is 1. The van der Waals surface area contributed by atoms with Crippen LogP contribution in [0.15, 0.2) is 12.1 Å².